The van der Waals surface area contributed by atoms with E-state index in [-0.39, 0.29) is 5.41 Å². The Balaban J connectivity index is 1.07. The Labute approximate surface area is 320 Å². The molecule has 0 radical (unpaired) electrons. The van der Waals surface area contributed by atoms with Crippen molar-refractivity contribution in [3.05, 3.63) is 199 Å². The second kappa shape index (κ2) is 12.1. The first-order valence-electron chi connectivity index (χ1n) is 19.1. The van der Waals surface area contributed by atoms with Crippen molar-refractivity contribution in [2.24, 2.45) is 0 Å². The van der Waals surface area contributed by atoms with Gasteiger partial charge in [0.05, 0.1) is 5.69 Å². The van der Waals surface area contributed by atoms with E-state index < -0.39 is 0 Å². The molecule has 1 aliphatic carbocycles. The largest absolute Gasteiger partial charge is 0.455 e. The van der Waals surface area contributed by atoms with Crippen LogP contribution in [0.3, 0.4) is 0 Å². The number of nitrogens with zero attached hydrogens (tertiary/aromatic N) is 1. The molecule has 0 unspecified atom stereocenters. The highest BCUT2D eigenvalue weighted by molar-refractivity contribution is 6.15. The molecule has 1 heterocycles. The third-order valence-corrected chi connectivity index (χ3v) is 11.8. The Kier molecular flexibility index (Phi) is 6.93. The topological polar surface area (TPSA) is 16.4 Å². The van der Waals surface area contributed by atoms with E-state index in [0.717, 1.165) is 49.8 Å². The summed E-state index contributed by atoms with van der Waals surface area (Å²) in [7, 11) is 0. The van der Waals surface area contributed by atoms with Crippen molar-refractivity contribution in [1.29, 1.82) is 0 Å². The molecule has 0 spiro atoms. The first-order valence-corrected chi connectivity index (χ1v) is 19.1. The number of furan rings is 1. The van der Waals surface area contributed by atoms with Gasteiger partial charge in [0.2, 0.25) is 0 Å². The van der Waals surface area contributed by atoms with Crippen LogP contribution in [0.25, 0.3) is 76.9 Å². The maximum absolute atomic E-state index is 6.44. The highest BCUT2D eigenvalue weighted by atomic mass is 16.3. The summed E-state index contributed by atoms with van der Waals surface area (Å²) >= 11 is 0. The van der Waals surface area contributed by atoms with Gasteiger partial charge >= 0.3 is 0 Å². The van der Waals surface area contributed by atoms with Crippen molar-refractivity contribution >= 4 is 60.5 Å². The molecule has 55 heavy (non-hydrogen) atoms. The van der Waals surface area contributed by atoms with Crippen molar-refractivity contribution in [3.8, 4) is 33.4 Å². The molecule has 1 aliphatic rings. The molecule has 260 valence electrons. The van der Waals surface area contributed by atoms with Gasteiger partial charge in [-0.25, -0.2) is 0 Å². The van der Waals surface area contributed by atoms with Gasteiger partial charge in [0.1, 0.15) is 11.2 Å². The molecular formula is C53H37NO. The predicted molar refractivity (Wildman–Crippen MR) is 232 cm³/mol. The van der Waals surface area contributed by atoms with Gasteiger partial charge in [0.25, 0.3) is 0 Å². The van der Waals surface area contributed by atoms with Gasteiger partial charge in [0.15, 0.2) is 0 Å². The summed E-state index contributed by atoms with van der Waals surface area (Å²) in [6.07, 6.45) is 0. The number of hydrogen-bond acceptors (Lipinski definition) is 2. The Morgan fingerprint density at radius 1 is 0.418 bits per heavy atom. The standard InChI is InChI=1S/C53H37NO/c1-53(2)47-17-7-5-16-45(47)51-48(53)18-10-19-49(51)54(42-14-9-13-38(32-42)39-23-21-34-11-3-4-12-37(34)31-39)41-28-25-35(26-29-41)40-24-22-36-27-30-44-43-15-6-8-20-50(43)55-52(44)46(36)33-40/h3-33H,1-2H3. The summed E-state index contributed by atoms with van der Waals surface area (Å²) in [5.74, 6) is 0. The van der Waals surface area contributed by atoms with E-state index in [2.05, 4.69) is 201 Å². The number of para-hydroxylation sites is 1. The van der Waals surface area contributed by atoms with Crippen LogP contribution in [-0.4, -0.2) is 0 Å². The van der Waals surface area contributed by atoms with Crippen molar-refractivity contribution in [1.82, 2.24) is 0 Å². The van der Waals surface area contributed by atoms with Gasteiger partial charge in [-0.05, 0) is 110 Å². The average molecular weight is 704 g/mol. The molecule has 0 amide bonds. The molecule has 0 bridgehead atoms. The van der Waals surface area contributed by atoms with E-state index >= 15 is 0 Å². The summed E-state index contributed by atoms with van der Waals surface area (Å²) < 4.78 is 6.44. The molecule has 11 rings (SSSR count). The van der Waals surface area contributed by atoms with E-state index in [9.17, 15) is 0 Å². The molecule has 0 saturated carbocycles. The Bertz CT molecular complexity index is 3130. The van der Waals surface area contributed by atoms with Crippen molar-refractivity contribution in [3.63, 3.8) is 0 Å². The summed E-state index contributed by atoms with van der Waals surface area (Å²) in [4.78, 5) is 2.45. The van der Waals surface area contributed by atoms with Crippen LogP contribution >= 0.6 is 0 Å². The zero-order valence-electron chi connectivity index (χ0n) is 30.8. The molecule has 0 aliphatic heterocycles. The molecule has 0 fully saturated rings. The van der Waals surface area contributed by atoms with Crippen LogP contribution < -0.4 is 4.90 Å². The van der Waals surface area contributed by atoms with Crippen LogP contribution in [0.2, 0.25) is 0 Å². The maximum Gasteiger partial charge on any atom is 0.143 e. The smallest absolute Gasteiger partial charge is 0.143 e. The Morgan fingerprint density at radius 2 is 1.09 bits per heavy atom. The fourth-order valence-corrected chi connectivity index (χ4v) is 9.03. The highest BCUT2D eigenvalue weighted by Crippen LogP contribution is 2.54. The van der Waals surface area contributed by atoms with Gasteiger partial charge < -0.3 is 9.32 Å². The van der Waals surface area contributed by atoms with Gasteiger partial charge in [-0.3, -0.25) is 0 Å². The fourth-order valence-electron chi connectivity index (χ4n) is 9.03. The third kappa shape index (κ3) is 4.95. The maximum atomic E-state index is 6.44. The minimum atomic E-state index is -0.105. The zero-order valence-corrected chi connectivity index (χ0v) is 30.8. The minimum Gasteiger partial charge on any atom is -0.455 e. The number of fused-ring (bicyclic) bond motifs is 9. The lowest BCUT2D eigenvalue weighted by Gasteiger charge is -2.29. The van der Waals surface area contributed by atoms with Crippen LogP contribution in [0.5, 0.6) is 0 Å². The van der Waals surface area contributed by atoms with Gasteiger partial charge in [-0.1, -0.05) is 147 Å². The first-order chi connectivity index (χ1) is 27.0. The van der Waals surface area contributed by atoms with Gasteiger partial charge in [-0.15, -0.1) is 0 Å². The van der Waals surface area contributed by atoms with Crippen LogP contribution in [0.1, 0.15) is 25.0 Å². The lowest BCUT2D eigenvalue weighted by Crippen LogP contribution is -2.16. The Hall–Kier alpha value is -6.90. The molecule has 2 nitrogen and oxygen atoms in total. The van der Waals surface area contributed by atoms with Crippen molar-refractivity contribution in [2.45, 2.75) is 19.3 Å². The van der Waals surface area contributed by atoms with Gasteiger partial charge in [0, 0.05) is 38.5 Å². The second-order valence-electron chi connectivity index (χ2n) is 15.3. The number of benzene rings is 9. The zero-order chi connectivity index (χ0) is 36.7. The average Bonchev–Trinajstić information content (AvgIpc) is 3.74. The van der Waals surface area contributed by atoms with Crippen molar-refractivity contribution < 1.29 is 4.42 Å². The molecule has 0 N–H and O–H groups in total. The van der Waals surface area contributed by atoms with E-state index in [1.165, 1.54) is 55.2 Å². The molecule has 0 saturated heterocycles. The number of rotatable bonds is 5. The second-order valence-corrected chi connectivity index (χ2v) is 15.3. The van der Waals surface area contributed by atoms with Crippen LogP contribution in [0.15, 0.2) is 192 Å². The molecule has 10 aromatic rings. The molecule has 0 atom stereocenters. The van der Waals surface area contributed by atoms with Crippen LogP contribution in [0, 0.1) is 0 Å². The molecule has 1 aromatic heterocycles. The third-order valence-electron chi connectivity index (χ3n) is 11.8. The number of hydrogen-bond donors (Lipinski definition) is 0. The van der Waals surface area contributed by atoms with E-state index in [0.29, 0.717) is 0 Å². The summed E-state index contributed by atoms with van der Waals surface area (Å²) in [5.41, 5.74) is 15.2. The first kappa shape index (κ1) is 31.6. The SMILES string of the molecule is CC1(C)c2ccccc2-c2c(N(c3ccc(-c4ccc5ccc6c7ccccc7oc6c5c4)cc3)c3cccc(-c4ccc5ccccc5c4)c3)cccc21. The van der Waals surface area contributed by atoms with Crippen molar-refractivity contribution in [2.75, 3.05) is 4.90 Å². The Morgan fingerprint density at radius 3 is 1.98 bits per heavy atom. The van der Waals surface area contributed by atoms with E-state index in [4.69, 9.17) is 4.42 Å². The summed E-state index contributed by atoms with van der Waals surface area (Å²) in [6.45, 7) is 4.70. The minimum absolute atomic E-state index is 0.105. The lowest BCUT2D eigenvalue weighted by molar-refractivity contribution is 0.660. The number of anilines is 3. The molecular weight excluding hydrogens is 667 g/mol. The van der Waals surface area contributed by atoms with Gasteiger partial charge in [-0.2, -0.15) is 0 Å². The quantitative estimate of drug-likeness (QED) is 0.177. The monoisotopic (exact) mass is 703 g/mol. The van der Waals surface area contributed by atoms with Crippen LogP contribution in [0.4, 0.5) is 17.1 Å². The van der Waals surface area contributed by atoms with Crippen LogP contribution in [-0.2, 0) is 5.41 Å². The molecule has 9 aromatic carbocycles. The predicted octanol–water partition coefficient (Wildman–Crippen LogP) is 15.0. The van der Waals surface area contributed by atoms with E-state index in [1.54, 1.807) is 0 Å². The highest BCUT2D eigenvalue weighted by Gasteiger charge is 2.37. The molecule has 2 heteroatoms. The lowest BCUT2D eigenvalue weighted by atomic mass is 9.82. The summed E-state index contributed by atoms with van der Waals surface area (Å²) in [6, 6.07) is 68.5. The fraction of sp³-hybridized carbons (Fsp3) is 0.0566. The summed E-state index contributed by atoms with van der Waals surface area (Å²) in [5, 5.41) is 7.09. The van der Waals surface area contributed by atoms with E-state index in [1.807, 2.05) is 6.07 Å². The normalized spacial score (nSPS) is 13.1.